The Morgan fingerprint density at radius 1 is 1.20 bits per heavy atom. The van der Waals surface area contributed by atoms with Gasteiger partial charge in [-0.25, -0.2) is 14.4 Å². The highest BCUT2D eigenvalue weighted by Crippen LogP contribution is 2.27. The number of anilines is 1. The third-order valence-electron chi connectivity index (χ3n) is 3.83. The average molecular weight is 271 g/mol. The highest BCUT2D eigenvalue weighted by molar-refractivity contribution is 5.48. The highest BCUT2D eigenvalue weighted by atomic mass is 19.1. The summed E-state index contributed by atoms with van der Waals surface area (Å²) in [6, 6.07) is 6.70. The van der Waals surface area contributed by atoms with Gasteiger partial charge in [0.2, 0.25) is 0 Å². The molecule has 4 heteroatoms. The lowest BCUT2D eigenvalue weighted by Crippen LogP contribution is -2.14. The van der Waals surface area contributed by atoms with Crippen LogP contribution in [0.4, 0.5) is 10.2 Å². The van der Waals surface area contributed by atoms with E-state index in [2.05, 4.69) is 15.3 Å². The second-order valence-corrected chi connectivity index (χ2v) is 5.28. The molecule has 0 radical (unpaired) electrons. The molecule has 0 aliphatic heterocycles. The monoisotopic (exact) mass is 271 g/mol. The summed E-state index contributed by atoms with van der Waals surface area (Å²) in [5.41, 5.74) is 3.30. The lowest BCUT2D eigenvalue weighted by Gasteiger charge is -2.21. The molecular weight excluding hydrogens is 253 g/mol. The minimum absolute atomic E-state index is 0.0200. The van der Waals surface area contributed by atoms with Crippen LogP contribution in [0.25, 0.3) is 0 Å². The fourth-order valence-corrected chi connectivity index (χ4v) is 2.71. The molecule has 1 N–H and O–H groups in total. The molecule has 0 spiro atoms. The Kier molecular flexibility index (Phi) is 3.63. The standard InChI is InChI=1S/C16H18FN3/c1-11(12-5-4-6-13(17)9-12)20-16-14-7-2-3-8-15(14)18-10-19-16/h4-6,9-11H,2-3,7-8H2,1H3,(H,18,19,20). The lowest BCUT2D eigenvalue weighted by atomic mass is 9.96. The van der Waals surface area contributed by atoms with Crippen LogP contribution in [0.3, 0.4) is 0 Å². The molecule has 0 bridgehead atoms. The molecule has 20 heavy (non-hydrogen) atoms. The van der Waals surface area contributed by atoms with Crippen molar-refractivity contribution in [1.29, 1.82) is 0 Å². The summed E-state index contributed by atoms with van der Waals surface area (Å²) in [4.78, 5) is 8.73. The number of hydrogen-bond acceptors (Lipinski definition) is 3. The first-order valence-electron chi connectivity index (χ1n) is 7.09. The minimum Gasteiger partial charge on any atom is -0.363 e. The second kappa shape index (κ2) is 5.57. The summed E-state index contributed by atoms with van der Waals surface area (Å²) in [6.45, 7) is 2.02. The third kappa shape index (κ3) is 2.64. The zero-order chi connectivity index (χ0) is 13.9. The molecule has 0 saturated heterocycles. The van der Waals surface area contributed by atoms with Crippen molar-refractivity contribution < 1.29 is 4.39 Å². The second-order valence-electron chi connectivity index (χ2n) is 5.28. The maximum Gasteiger partial charge on any atom is 0.133 e. The molecule has 0 fully saturated rings. The van der Waals surface area contributed by atoms with Gasteiger partial charge in [-0.1, -0.05) is 12.1 Å². The number of rotatable bonds is 3. The molecule has 1 heterocycles. The number of fused-ring (bicyclic) bond motifs is 1. The number of nitrogens with zero attached hydrogens (tertiary/aromatic N) is 2. The van der Waals surface area contributed by atoms with Gasteiger partial charge in [0.05, 0.1) is 6.04 Å². The summed E-state index contributed by atoms with van der Waals surface area (Å²) in [7, 11) is 0. The predicted molar refractivity (Wildman–Crippen MR) is 77.1 cm³/mol. The van der Waals surface area contributed by atoms with Crippen molar-refractivity contribution in [3.8, 4) is 0 Å². The molecule has 1 aromatic carbocycles. The van der Waals surface area contributed by atoms with Gasteiger partial charge in [0.1, 0.15) is 18.0 Å². The third-order valence-corrected chi connectivity index (χ3v) is 3.83. The van der Waals surface area contributed by atoms with Crippen molar-refractivity contribution in [1.82, 2.24) is 9.97 Å². The molecule has 2 aromatic rings. The zero-order valence-corrected chi connectivity index (χ0v) is 11.6. The summed E-state index contributed by atoms with van der Waals surface area (Å²) in [5.74, 6) is 0.687. The van der Waals surface area contributed by atoms with Crippen LogP contribution < -0.4 is 5.32 Å². The number of nitrogens with one attached hydrogen (secondary N) is 1. The molecule has 1 aromatic heterocycles. The van der Waals surface area contributed by atoms with Crippen molar-refractivity contribution in [2.24, 2.45) is 0 Å². The summed E-state index contributed by atoms with van der Waals surface area (Å²) >= 11 is 0. The molecule has 1 atom stereocenters. The number of hydrogen-bond donors (Lipinski definition) is 1. The Labute approximate surface area is 118 Å². The van der Waals surface area contributed by atoms with Crippen molar-refractivity contribution in [3.63, 3.8) is 0 Å². The van der Waals surface area contributed by atoms with E-state index in [4.69, 9.17) is 0 Å². The van der Waals surface area contributed by atoms with Crippen molar-refractivity contribution in [2.45, 2.75) is 38.6 Å². The number of aromatic nitrogens is 2. The molecular formula is C16H18FN3. The molecule has 1 aliphatic carbocycles. The van der Waals surface area contributed by atoms with Gasteiger partial charge < -0.3 is 5.32 Å². The van der Waals surface area contributed by atoms with Crippen LogP contribution in [-0.2, 0) is 12.8 Å². The van der Waals surface area contributed by atoms with Gasteiger partial charge in [-0.3, -0.25) is 0 Å². The first kappa shape index (κ1) is 13.0. The van der Waals surface area contributed by atoms with E-state index in [0.29, 0.717) is 0 Å². The van der Waals surface area contributed by atoms with Crippen LogP contribution in [0.15, 0.2) is 30.6 Å². The summed E-state index contributed by atoms with van der Waals surface area (Å²) in [5, 5.41) is 3.40. The Morgan fingerprint density at radius 3 is 2.90 bits per heavy atom. The Hall–Kier alpha value is -1.97. The summed E-state index contributed by atoms with van der Waals surface area (Å²) in [6.07, 6.45) is 6.05. The number of aryl methyl sites for hydroxylation is 1. The Bertz CT molecular complexity index is 612. The minimum atomic E-state index is -0.208. The van der Waals surface area contributed by atoms with E-state index in [1.54, 1.807) is 18.5 Å². The largest absolute Gasteiger partial charge is 0.363 e. The summed E-state index contributed by atoms with van der Waals surface area (Å²) < 4.78 is 13.3. The number of benzene rings is 1. The van der Waals surface area contributed by atoms with Gasteiger partial charge >= 0.3 is 0 Å². The van der Waals surface area contributed by atoms with Gasteiger partial charge in [0, 0.05) is 11.3 Å². The van der Waals surface area contributed by atoms with E-state index in [-0.39, 0.29) is 11.9 Å². The maximum absolute atomic E-state index is 13.3. The molecule has 1 aliphatic rings. The van der Waals surface area contributed by atoms with E-state index in [1.807, 2.05) is 13.0 Å². The van der Waals surface area contributed by atoms with E-state index in [9.17, 15) is 4.39 Å². The highest BCUT2D eigenvalue weighted by Gasteiger charge is 2.17. The van der Waals surface area contributed by atoms with Crippen molar-refractivity contribution in [3.05, 3.63) is 53.2 Å². The average Bonchev–Trinajstić information content (AvgIpc) is 2.47. The molecule has 0 amide bonds. The molecule has 1 unspecified atom stereocenters. The van der Waals surface area contributed by atoms with Crippen molar-refractivity contribution in [2.75, 3.05) is 5.32 Å². The smallest absolute Gasteiger partial charge is 0.133 e. The SMILES string of the molecule is CC(Nc1ncnc2c1CCCC2)c1cccc(F)c1. The van der Waals surface area contributed by atoms with Gasteiger partial charge in [0.15, 0.2) is 0 Å². The van der Waals surface area contributed by atoms with E-state index >= 15 is 0 Å². The fourth-order valence-electron chi connectivity index (χ4n) is 2.71. The first-order chi connectivity index (χ1) is 9.74. The van der Waals surface area contributed by atoms with Crippen LogP contribution in [-0.4, -0.2) is 9.97 Å². The molecule has 0 saturated carbocycles. The van der Waals surface area contributed by atoms with Crippen molar-refractivity contribution >= 4 is 5.82 Å². The van der Waals surface area contributed by atoms with Crippen LogP contribution in [0.1, 0.15) is 42.6 Å². The maximum atomic E-state index is 13.3. The molecule has 3 nitrogen and oxygen atoms in total. The van der Waals surface area contributed by atoms with Gasteiger partial charge in [-0.15, -0.1) is 0 Å². The Balaban J connectivity index is 1.84. The number of halogens is 1. The van der Waals surface area contributed by atoms with E-state index < -0.39 is 0 Å². The van der Waals surface area contributed by atoms with Crippen LogP contribution in [0.5, 0.6) is 0 Å². The van der Waals surface area contributed by atoms with Crippen LogP contribution in [0.2, 0.25) is 0 Å². The van der Waals surface area contributed by atoms with E-state index in [1.165, 1.54) is 24.5 Å². The topological polar surface area (TPSA) is 37.8 Å². The van der Waals surface area contributed by atoms with Gasteiger partial charge in [-0.05, 0) is 50.3 Å². The van der Waals surface area contributed by atoms with Gasteiger partial charge in [0.25, 0.3) is 0 Å². The normalized spacial score (nSPS) is 15.5. The fraction of sp³-hybridized carbons (Fsp3) is 0.375. The van der Waals surface area contributed by atoms with Gasteiger partial charge in [-0.2, -0.15) is 0 Å². The first-order valence-corrected chi connectivity index (χ1v) is 7.09. The molecule has 3 rings (SSSR count). The lowest BCUT2D eigenvalue weighted by molar-refractivity contribution is 0.623. The zero-order valence-electron chi connectivity index (χ0n) is 11.6. The van der Waals surface area contributed by atoms with Crippen LogP contribution >= 0.6 is 0 Å². The predicted octanol–water partition coefficient (Wildman–Crippen LogP) is 3.67. The molecule has 104 valence electrons. The Morgan fingerprint density at radius 2 is 2.05 bits per heavy atom. The van der Waals surface area contributed by atoms with E-state index in [0.717, 1.165) is 29.9 Å². The van der Waals surface area contributed by atoms with Crippen LogP contribution in [0, 0.1) is 5.82 Å². The quantitative estimate of drug-likeness (QED) is 0.925.